The SMILES string of the molecule is Cc1nc2cc(C(F)(F)F)ccc2c(=O)n1C1CCC(=O)CC1=O. The standard InChI is InChI=1S/C16H13F3N2O3/c1-8-20-12-6-9(16(17,18)19)2-4-11(12)15(24)21(8)13-5-3-10(22)7-14(13)23/h2,4,6,13H,3,5,7H2,1H3. The molecule has 2 aromatic rings. The molecule has 1 unspecified atom stereocenters. The monoisotopic (exact) mass is 338 g/mol. The quantitative estimate of drug-likeness (QED) is 0.750. The molecule has 126 valence electrons. The van der Waals surface area contributed by atoms with Crippen molar-refractivity contribution in [1.29, 1.82) is 0 Å². The fraction of sp³-hybridized carbons (Fsp3) is 0.375. The molecule has 1 atom stereocenters. The number of carbonyl (C=O) groups excluding carboxylic acids is 2. The minimum absolute atomic E-state index is 0.0123. The summed E-state index contributed by atoms with van der Waals surface area (Å²) in [6.07, 6.45) is -4.38. The average molecular weight is 338 g/mol. The topological polar surface area (TPSA) is 69.0 Å². The first-order valence-electron chi connectivity index (χ1n) is 7.33. The smallest absolute Gasteiger partial charge is 0.299 e. The molecule has 1 heterocycles. The molecule has 0 N–H and O–H groups in total. The molecule has 1 aliphatic rings. The van der Waals surface area contributed by atoms with Gasteiger partial charge in [-0.25, -0.2) is 4.98 Å². The molecule has 1 fully saturated rings. The van der Waals surface area contributed by atoms with Gasteiger partial charge in [0.1, 0.15) is 11.6 Å². The maximum absolute atomic E-state index is 12.8. The van der Waals surface area contributed by atoms with Crippen molar-refractivity contribution < 1.29 is 22.8 Å². The van der Waals surface area contributed by atoms with Crippen LogP contribution in [-0.2, 0) is 15.8 Å². The minimum Gasteiger partial charge on any atom is -0.299 e. The molecule has 3 rings (SSSR count). The Morgan fingerprint density at radius 1 is 1.21 bits per heavy atom. The Hall–Kier alpha value is -2.51. The van der Waals surface area contributed by atoms with E-state index in [-0.39, 0.29) is 47.6 Å². The number of hydrogen-bond donors (Lipinski definition) is 0. The minimum atomic E-state index is -4.53. The van der Waals surface area contributed by atoms with Gasteiger partial charge in [-0.05, 0) is 31.5 Å². The number of hydrogen-bond acceptors (Lipinski definition) is 4. The van der Waals surface area contributed by atoms with Crippen LogP contribution in [0.3, 0.4) is 0 Å². The van der Waals surface area contributed by atoms with Crippen molar-refractivity contribution >= 4 is 22.5 Å². The summed E-state index contributed by atoms with van der Waals surface area (Å²) in [5.41, 5.74) is -1.53. The number of nitrogens with zero attached hydrogens (tertiary/aromatic N) is 2. The van der Waals surface area contributed by atoms with E-state index in [4.69, 9.17) is 0 Å². The van der Waals surface area contributed by atoms with Crippen molar-refractivity contribution in [2.24, 2.45) is 0 Å². The Balaban J connectivity index is 2.16. The van der Waals surface area contributed by atoms with Crippen molar-refractivity contribution in [2.75, 3.05) is 0 Å². The predicted octanol–water partition coefficient (Wildman–Crippen LogP) is 2.59. The van der Waals surface area contributed by atoms with Gasteiger partial charge < -0.3 is 0 Å². The van der Waals surface area contributed by atoms with E-state index in [0.29, 0.717) is 0 Å². The van der Waals surface area contributed by atoms with Crippen molar-refractivity contribution in [1.82, 2.24) is 9.55 Å². The number of carbonyl (C=O) groups is 2. The first-order chi connectivity index (χ1) is 11.2. The highest BCUT2D eigenvalue weighted by Gasteiger charge is 2.32. The van der Waals surface area contributed by atoms with Crippen molar-refractivity contribution in [3.63, 3.8) is 0 Å². The van der Waals surface area contributed by atoms with Crippen LogP contribution in [0.4, 0.5) is 13.2 Å². The number of aryl methyl sites for hydroxylation is 1. The lowest BCUT2D eigenvalue weighted by Gasteiger charge is -2.24. The molecule has 5 nitrogen and oxygen atoms in total. The third-order valence-electron chi connectivity index (χ3n) is 4.16. The number of aromatic nitrogens is 2. The second-order valence-electron chi connectivity index (χ2n) is 5.80. The Bertz CT molecular complexity index is 915. The largest absolute Gasteiger partial charge is 0.416 e. The number of halogens is 3. The highest BCUT2D eigenvalue weighted by Crippen LogP contribution is 2.31. The van der Waals surface area contributed by atoms with Crippen LogP contribution in [0.5, 0.6) is 0 Å². The third-order valence-corrected chi connectivity index (χ3v) is 4.16. The van der Waals surface area contributed by atoms with Gasteiger partial charge in [-0.3, -0.25) is 19.0 Å². The third kappa shape index (κ3) is 2.72. The number of benzene rings is 1. The molecule has 0 spiro atoms. The molecule has 0 aliphatic heterocycles. The number of rotatable bonds is 1. The van der Waals surface area contributed by atoms with Gasteiger partial charge in [0.25, 0.3) is 5.56 Å². The zero-order valence-electron chi connectivity index (χ0n) is 12.7. The van der Waals surface area contributed by atoms with Gasteiger partial charge in [-0.15, -0.1) is 0 Å². The van der Waals surface area contributed by atoms with Crippen LogP contribution in [-0.4, -0.2) is 21.1 Å². The Labute approximate surface area is 134 Å². The summed E-state index contributed by atoms with van der Waals surface area (Å²) in [4.78, 5) is 40.1. The summed E-state index contributed by atoms with van der Waals surface area (Å²) in [5.74, 6) is -0.394. The fourth-order valence-electron chi connectivity index (χ4n) is 2.99. The van der Waals surface area contributed by atoms with Crippen LogP contribution in [0.1, 0.15) is 36.7 Å². The first kappa shape index (κ1) is 16.4. The van der Waals surface area contributed by atoms with Crippen molar-refractivity contribution in [3.8, 4) is 0 Å². The molecule has 1 aliphatic carbocycles. The second kappa shape index (κ2) is 5.54. The molecule has 0 saturated heterocycles. The lowest BCUT2D eigenvalue weighted by molar-refractivity contribution is -0.137. The summed E-state index contributed by atoms with van der Waals surface area (Å²) in [7, 11) is 0. The van der Waals surface area contributed by atoms with Gasteiger partial charge in [-0.2, -0.15) is 13.2 Å². The maximum Gasteiger partial charge on any atom is 0.416 e. The van der Waals surface area contributed by atoms with E-state index in [1.54, 1.807) is 0 Å². The molecule has 24 heavy (non-hydrogen) atoms. The second-order valence-corrected chi connectivity index (χ2v) is 5.80. The summed E-state index contributed by atoms with van der Waals surface area (Å²) in [6, 6.07) is 1.91. The van der Waals surface area contributed by atoms with E-state index in [2.05, 4.69) is 4.98 Å². The normalized spacial score (nSPS) is 19.1. The van der Waals surface area contributed by atoms with Gasteiger partial charge in [0.2, 0.25) is 0 Å². The van der Waals surface area contributed by atoms with E-state index >= 15 is 0 Å². The fourth-order valence-corrected chi connectivity index (χ4v) is 2.99. The average Bonchev–Trinajstić information content (AvgIpc) is 2.47. The number of Topliss-reactive ketones (excluding diaryl/α,β-unsaturated/α-hetero) is 2. The molecule has 0 radical (unpaired) electrons. The molecule has 0 bridgehead atoms. The molecule has 8 heteroatoms. The van der Waals surface area contributed by atoms with Crippen LogP contribution < -0.4 is 5.56 Å². The van der Waals surface area contributed by atoms with Gasteiger partial charge in [0.05, 0.1) is 28.9 Å². The lowest BCUT2D eigenvalue weighted by atomic mass is 9.92. The van der Waals surface area contributed by atoms with E-state index in [0.717, 1.165) is 18.2 Å². The van der Waals surface area contributed by atoms with Crippen LogP contribution in [0.25, 0.3) is 10.9 Å². The number of ketones is 2. The summed E-state index contributed by atoms with van der Waals surface area (Å²) >= 11 is 0. The highest BCUT2D eigenvalue weighted by molar-refractivity contribution is 6.03. The van der Waals surface area contributed by atoms with E-state index in [9.17, 15) is 27.6 Å². The van der Waals surface area contributed by atoms with Crippen molar-refractivity contribution in [2.45, 2.75) is 38.4 Å². The maximum atomic E-state index is 12.8. The first-order valence-corrected chi connectivity index (χ1v) is 7.33. The molecule has 1 aromatic carbocycles. The van der Waals surface area contributed by atoms with Crippen LogP contribution in [0.2, 0.25) is 0 Å². The van der Waals surface area contributed by atoms with Crippen LogP contribution in [0.15, 0.2) is 23.0 Å². The zero-order chi connectivity index (χ0) is 17.6. The van der Waals surface area contributed by atoms with Gasteiger partial charge in [0, 0.05) is 6.42 Å². The lowest BCUT2D eigenvalue weighted by Crippen LogP contribution is -2.36. The van der Waals surface area contributed by atoms with Crippen molar-refractivity contribution in [3.05, 3.63) is 39.9 Å². The van der Waals surface area contributed by atoms with Gasteiger partial charge in [-0.1, -0.05) is 0 Å². The number of fused-ring (bicyclic) bond motifs is 1. The zero-order valence-corrected chi connectivity index (χ0v) is 12.7. The molecular formula is C16H13F3N2O3. The van der Waals surface area contributed by atoms with E-state index in [1.165, 1.54) is 11.5 Å². The molecule has 1 saturated carbocycles. The Morgan fingerprint density at radius 2 is 1.92 bits per heavy atom. The van der Waals surface area contributed by atoms with Crippen LogP contribution >= 0.6 is 0 Å². The number of alkyl halides is 3. The summed E-state index contributed by atoms with van der Waals surface area (Å²) in [6.45, 7) is 1.46. The molecule has 0 amide bonds. The van der Waals surface area contributed by atoms with Crippen LogP contribution in [0, 0.1) is 6.92 Å². The highest BCUT2D eigenvalue weighted by atomic mass is 19.4. The summed E-state index contributed by atoms with van der Waals surface area (Å²) in [5, 5.41) is 0.0123. The van der Waals surface area contributed by atoms with E-state index < -0.39 is 23.3 Å². The summed E-state index contributed by atoms with van der Waals surface area (Å²) < 4.78 is 39.5. The Kier molecular flexibility index (Phi) is 3.77. The molecule has 1 aromatic heterocycles. The van der Waals surface area contributed by atoms with Gasteiger partial charge >= 0.3 is 6.18 Å². The predicted molar refractivity (Wildman–Crippen MR) is 78.6 cm³/mol. The Morgan fingerprint density at radius 3 is 2.54 bits per heavy atom. The van der Waals surface area contributed by atoms with Gasteiger partial charge in [0.15, 0.2) is 5.78 Å². The molecular weight excluding hydrogens is 325 g/mol. The van der Waals surface area contributed by atoms with E-state index in [1.807, 2.05) is 0 Å².